The Labute approximate surface area is 106 Å². The topological polar surface area (TPSA) is 30.0 Å². The van der Waals surface area contributed by atoms with Crippen molar-refractivity contribution < 1.29 is 5.11 Å². The van der Waals surface area contributed by atoms with Gasteiger partial charge in [-0.1, -0.05) is 0 Å². The number of nitrogens with zero attached hydrogens (tertiary/aromatic N) is 3. The molecular formula is C13H29N3O. The molecule has 0 aromatic carbocycles. The van der Waals surface area contributed by atoms with Crippen LogP contribution in [0.2, 0.25) is 0 Å². The Morgan fingerprint density at radius 1 is 0.882 bits per heavy atom. The maximum Gasteiger partial charge on any atom is 0.0431 e. The second-order valence-electron chi connectivity index (χ2n) is 5.27. The molecule has 1 aliphatic rings. The van der Waals surface area contributed by atoms with Crippen LogP contribution in [0.25, 0.3) is 0 Å². The highest BCUT2D eigenvalue weighted by Gasteiger charge is 2.15. The summed E-state index contributed by atoms with van der Waals surface area (Å²) in [6, 6.07) is 0. The lowest BCUT2D eigenvalue weighted by molar-refractivity contribution is 0.123. The molecule has 17 heavy (non-hydrogen) atoms. The van der Waals surface area contributed by atoms with Crippen LogP contribution >= 0.6 is 0 Å². The van der Waals surface area contributed by atoms with Gasteiger partial charge in [0.1, 0.15) is 0 Å². The summed E-state index contributed by atoms with van der Waals surface area (Å²) in [4.78, 5) is 7.37. The van der Waals surface area contributed by atoms with Crippen molar-refractivity contribution in [1.29, 1.82) is 0 Å². The van der Waals surface area contributed by atoms with Gasteiger partial charge >= 0.3 is 0 Å². The average Bonchev–Trinajstić information content (AvgIpc) is 2.33. The molecule has 0 unspecified atom stereocenters. The number of piperazine rings is 1. The third-order valence-electron chi connectivity index (χ3n) is 3.46. The molecule has 0 aliphatic carbocycles. The highest BCUT2D eigenvalue weighted by atomic mass is 16.2. The normalized spacial score (nSPS) is 19.1. The average molecular weight is 243 g/mol. The van der Waals surface area contributed by atoms with Crippen molar-refractivity contribution >= 4 is 0 Å². The number of unbranched alkanes of at least 4 members (excludes halogenated alkanes) is 2. The van der Waals surface area contributed by atoms with Gasteiger partial charge in [-0.2, -0.15) is 0 Å². The SMILES string of the molecule is CN(C)CCN1CCN(CCCCCO)CC1. The van der Waals surface area contributed by atoms with Crippen LogP contribution in [0, 0.1) is 0 Å². The second-order valence-corrected chi connectivity index (χ2v) is 5.27. The first-order valence-corrected chi connectivity index (χ1v) is 6.92. The lowest BCUT2D eigenvalue weighted by Crippen LogP contribution is -2.48. The van der Waals surface area contributed by atoms with Gasteiger partial charge in [-0.15, -0.1) is 0 Å². The van der Waals surface area contributed by atoms with Gasteiger partial charge in [0.15, 0.2) is 0 Å². The fourth-order valence-corrected chi connectivity index (χ4v) is 2.20. The van der Waals surface area contributed by atoms with E-state index in [-0.39, 0.29) is 0 Å². The van der Waals surface area contributed by atoms with Crippen molar-refractivity contribution in [3.8, 4) is 0 Å². The summed E-state index contributed by atoms with van der Waals surface area (Å²) >= 11 is 0. The van der Waals surface area contributed by atoms with Crippen LogP contribution in [0.1, 0.15) is 19.3 Å². The van der Waals surface area contributed by atoms with Crippen molar-refractivity contribution in [2.75, 3.05) is 66.5 Å². The van der Waals surface area contributed by atoms with E-state index < -0.39 is 0 Å². The third-order valence-corrected chi connectivity index (χ3v) is 3.46. The van der Waals surface area contributed by atoms with Crippen molar-refractivity contribution in [3.63, 3.8) is 0 Å². The first-order chi connectivity index (χ1) is 8.22. The highest BCUT2D eigenvalue weighted by molar-refractivity contribution is 4.72. The van der Waals surface area contributed by atoms with Crippen molar-refractivity contribution in [1.82, 2.24) is 14.7 Å². The molecule has 4 heteroatoms. The summed E-state index contributed by atoms with van der Waals surface area (Å²) in [5, 5.41) is 8.72. The molecule has 1 N–H and O–H groups in total. The molecule has 0 saturated carbocycles. The Hall–Kier alpha value is -0.160. The van der Waals surface area contributed by atoms with Crippen molar-refractivity contribution in [3.05, 3.63) is 0 Å². The molecule has 4 nitrogen and oxygen atoms in total. The zero-order chi connectivity index (χ0) is 12.5. The molecule has 1 heterocycles. The molecule has 1 fully saturated rings. The summed E-state index contributed by atoms with van der Waals surface area (Å²) in [7, 11) is 4.27. The first kappa shape index (κ1) is 14.9. The van der Waals surface area contributed by atoms with Crippen LogP contribution in [0.5, 0.6) is 0 Å². The van der Waals surface area contributed by atoms with Crippen LogP contribution in [0.15, 0.2) is 0 Å². The Morgan fingerprint density at radius 3 is 2.00 bits per heavy atom. The van der Waals surface area contributed by atoms with E-state index in [1.807, 2.05) is 0 Å². The van der Waals surface area contributed by atoms with E-state index >= 15 is 0 Å². The Balaban J connectivity index is 2.01. The van der Waals surface area contributed by atoms with Gasteiger partial charge < -0.3 is 14.9 Å². The predicted octanol–water partition coefficient (Wildman–Crippen LogP) is 0.328. The van der Waals surface area contributed by atoms with E-state index in [4.69, 9.17) is 5.11 Å². The van der Waals surface area contributed by atoms with Crippen LogP contribution in [-0.4, -0.2) is 86.3 Å². The molecule has 1 rings (SSSR count). The monoisotopic (exact) mass is 243 g/mol. The predicted molar refractivity (Wildman–Crippen MR) is 72.4 cm³/mol. The second kappa shape index (κ2) is 8.86. The van der Waals surface area contributed by atoms with Gasteiger partial charge in [0.25, 0.3) is 0 Å². The number of aliphatic hydroxyl groups is 1. The van der Waals surface area contributed by atoms with Crippen LogP contribution in [0.3, 0.4) is 0 Å². The van der Waals surface area contributed by atoms with Crippen molar-refractivity contribution in [2.45, 2.75) is 19.3 Å². The zero-order valence-electron chi connectivity index (χ0n) is 11.6. The zero-order valence-corrected chi connectivity index (χ0v) is 11.6. The Morgan fingerprint density at radius 2 is 1.47 bits per heavy atom. The Bertz CT molecular complexity index is 180. The summed E-state index contributed by atoms with van der Waals surface area (Å²) in [6.07, 6.45) is 3.36. The van der Waals surface area contributed by atoms with Crippen LogP contribution in [-0.2, 0) is 0 Å². The van der Waals surface area contributed by atoms with Gasteiger partial charge in [0, 0.05) is 45.9 Å². The number of rotatable bonds is 8. The van der Waals surface area contributed by atoms with Gasteiger partial charge in [0.2, 0.25) is 0 Å². The third kappa shape index (κ3) is 6.99. The summed E-state index contributed by atoms with van der Waals surface area (Å²) in [6.45, 7) is 8.78. The van der Waals surface area contributed by atoms with Crippen LogP contribution in [0.4, 0.5) is 0 Å². The van der Waals surface area contributed by atoms with Crippen molar-refractivity contribution in [2.24, 2.45) is 0 Å². The van der Waals surface area contributed by atoms with E-state index in [2.05, 4.69) is 28.8 Å². The molecule has 0 atom stereocenters. The lowest BCUT2D eigenvalue weighted by atomic mass is 10.2. The molecule has 1 saturated heterocycles. The lowest BCUT2D eigenvalue weighted by Gasteiger charge is -2.35. The maximum absolute atomic E-state index is 8.72. The summed E-state index contributed by atoms with van der Waals surface area (Å²) in [5.41, 5.74) is 0. The molecule has 102 valence electrons. The molecule has 1 aliphatic heterocycles. The number of aliphatic hydroxyl groups excluding tert-OH is 1. The molecule has 0 amide bonds. The van der Waals surface area contributed by atoms with Gasteiger partial charge in [-0.25, -0.2) is 0 Å². The molecule has 0 radical (unpaired) electrons. The van der Waals surface area contributed by atoms with Gasteiger partial charge in [-0.05, 0) is 39.9 Å². The fourth-order valence-electron chi connectivity index (χ4n) is 2.20. The van der Waals surface area contributed by atoms with Gasteiger partial charge in [-0.3, -0.25) is 4.90 Å². The molecule has 0 spiro atoms. The van der Waals surface area contributed by atoms with E-state index in [1.165, 1.54) is 45.7 Å². The standard InChI is InChI=1S/C13H29N3O/c1-14(2)7-8-16-11-9-15(10-12-16)6-4-3-5-13-17/h17H,3-13H2,1-2H3. The number of likely N-dealkylation sites (N-methyl/N-ethyl adjacent to an activating group) is 1. The van der Waals surface area contributed by atoms with Gasteiger partial charge in [0.05, 0.1) is 0 Å². The molecular weight excluding hydrogens is 214 g/mol. The minimum atomic E-state index is 0.346. The first-order valence-electron chi connectivity index (χ1n) is 6.92. The van der Waals surface area contributed by atoms with E-state index in [1.54, 1.807) is 0 Å². The highest BCUT2D eigenvalue weighted by Crippen LogP contribution is 2.04. The molecule has 0 bridgehead atoms. The summed E-state index contributed by atoms with van der Waals surface area (Å²) < 4.78 is 0. The molecule has 0 aromatic heterocycles. The number of hydrogen-bond donors (Lipinski definition) is 1. The number of hydrogen-bond acceptors (Lipinski definition) is 4. The smallest absolute Gasteiger partial charge is 0.0431 e. The quantitative estimate of drug-likeness (QED) is 0.622. The van der Waals surface area contributed by atoms with E-state index in [0.29, 0.717) is 6.61 Å². The van der Waals surface area contributed by atoms with E-state index in [9.17, 15) is 0 Å². The minimum Gasteiger partial charge on any atom is -0.396 e. The summed E-state index contributed by atoms with van der Waals surface area (Å²) in [5.74, 6) is 0. The minimum absolute atomic E-state index is 0.346. The maximum atomic E-state index is 8.72. The fraction of sp³-hybridized carbons (Fsp3) is 1.00. The Kier molecular flexibility index (Phi) is 7.77. The van der Waals surface area contributed by atoms with E-state index in [0.717, 1.165) is 19.4 Å². The largest absolute Gasteiger partial charge is 0.396 e. The molecule has 0 aromatic rings. The van der Waals surface area contributed by atoms with Crippen LogP contribution < -0.4 is 0 Å².